The Labute approximate surface area is 149 Å². The van der Waals surface area contributed by atoms with Crippen LogP contribution in [-0.4, -0.2) is 37.5 Å². The van der Waals surface area contributed by atoms with Crippen molar-refractivity contribution in [3.05, 3.63) is 46.8 Å². The Morgan fingerprint density at radius 3 is 2.24 bits per heavy atom. The van der Waals surface area contributed by atoms with Gasteiger partial charge in [-0.25, -0.2) is 8.42 Å². The molecule has 0 saturated carbocycles. The van der Waals surface area contributed by atoms with Crippen LogP contribution >= 0.6 is 0 Å². The minimum absolute atomic E-state index is 0.321. The van der Waals surface area contributed by atoms with Crippen LogP contribution < -0.4 is 10.6 Å². The van der Waals surface area contributed by atoms with Gasteiger partial charge in [0.25, 0.3) is 0 Å². The van der Waals surface area contributed by atoms with E-state index in [0.29, 0.717) is 23.9 Å². The molecule has 0 amide bonds. The van der Waals surface area contributed by atoms with Gasteiger partial charge in [-0.1, -0.05) is 12.1 Å². The average molecular weight is 363 g/mol. The molecule has 0 bridgehead atoms. The van der Waals surface area contributed by atoms with Gasteiger partial charge in [-0.05, 0) is 31.5 Å². The molecule has 0 spiro atoms. The third-order valence-electron chi connectivity index (χ3n) is 4.13. The second-order valence-corrected chi connectivity index (χ2v) is 7.98. The van der Waals surface area contributed by atoms with Crippen molar-refractivity contribution in [3.8, 4) is 0 Å². The topological polar surface area (TPSA) is 88.4 Å². The zero-order chi connectivity index (χ0) is 18.6. The molecular formula is C17H25N5O2S. The lowest BCUT2D eigenvalue weighted by Gasteiger charge is -2.12. The van der Waals surface area contributed by atoms with E-state index in [0.717, 1.165) is 22.5 Å². The van der Waals surface area contributed by atoms with Crippen LogP contribution in [0, 0.1) is 13.8 Å². The fourth-order valence-electron chi connectivity index (χ4n) is 2.51. The Balaban J connectivity index is 1.94. The van der Waals surface area contributed by atoms with E-state index in [-0.39, 0.29) is 0 Å². The number of nitrogens with one attached hydrogen (secondary N) is 2. The van der Waals surface area contributed by atoms with Crippen LogP contribution in [0.2, 0.25) is 0 Å². The van der Waals surface area contributed by atoms with Gasteiger partial charge < -0.3 is 10.6 Å². The van der Waals surface area contributed by atoms with Crippen molar-refractivity contribution in [1.29, 1.82) is 0 Å². The molecule has 2 aromatic rings. The molecule has 8 heteroatoms. The van der Waals surface area contributed by atoms with Crippen molar-refractivity contribution < 1.29 is 8.42 Å². The third-order valence-corrected chi connectivity index (χ3v) is 5.26. The van der Waals surface area contributed by atoms with Gasteiger partial charge in [0.05, 0.1) is 10.6 Å². The summed E-state index contributed by atoms with van der Waals surface area (Å²) in [5.74, 6) is 0.676. The van der Waals surface area contributed by atoms with Gasteiger partial charge in [0, 0.05) is 44.7 Å². The summed E-state index contributed by atoms with van der Waals surface area (Å²) in [6, 6.07) is 6.83. The maximum absolute atomic E-state index is 11.5. The predicted octanol–water partition coefficient (Wildman–Crippen LogP) is 1.31. The van der Waals surface area contributed by atoms with Crippen molar-refractivity contribution in [3.63, 3.8) is 0 Å². The number of benzene rings is 1. The van der Waals surface area contributed by atoms with E-state index in [4.69, 9.17) is 0 Å². The Hall–Kier alpha value is -2.35. The summed E-state index contributed by atoms with van der Waals surface area (Å²) in [6.45, 7) is 5.22. The summed E-state index contributed by atoms with van der Waals surface area (Å²) < 4.78 is 24.8. The predicted molar refractivity (Wildman–Crippen MR) is 99.3 cm³/mol. The number of hydrogen-bond donors (Lipinski definition) is 2. The quantitative estimate of drug-likeness (QED) is 0.618. The van der Waals surface area contributed by atoms with Crippen LogP contribution in [0.5, 0.6) is 0 Å². The molecule has 25 heavy (non-hydrogen) atoms. The molecule has 2 N–H and O–H groups in total. The van der Waals surface area contributed by atoms with Crippen molar-refractivity contribution in [2.24, 2.45) is 12.0 Å². The molecule has 0 aliphatic heterocycles. The van der Waals surface area contributed by atoms with Crippen LogP contribution in [0.3, 0.4) is 0 Å². The second-order valence-electron chi connectivity index (χ2n) is 5.97. The molecule has 2 rings (SSSR count). The normalized spacial score (nSPS) is 12.3. The maximum Gasteiger partial charge on any atom is 0.191 e. The van der Waals surface area contributed by atoms with Gasteiger partial charge in [0.15, 0.2) is 15.8 Å². The van der Waals surface area contributed by atoms with Gasteiger partial charge in [0.2, 0.25) is 0 Å². The van der Waals surface area contributed by atoms with Crippen molar-refractivity contribution >= 4 is 15.8 Å². The van der Waals surface area contributed by atoms with Gasteiger partial charge in [0.1, 0.15) is 0 Å². The molecule has 0 aliphatic rings. The highest BCUT2D eigenvalue weighted by Gasteiger charge is 2.10. The Morgan fingerprint density at radius 1 is 1.16 bits per heavy atom. The Kier molecular flexibility index (Phi) is 5.84. The van der Waals surface area contributed by atoms with Gasteiger partial charge in [-0.15, -0.1) is 0 Å². The zero-order valence-electron chi connectivity index (χ0n) is 15.3. The summed E-state index contributed by atoms with van der Waals surface area (Å²) in [5, 5.41) is 10.9. The second kappa shape index (κ2) is 7.69. The van der Waals surface area contributed by atoms with E-state index in [1.165, 1.54) is 6.26 Å². The maximum atomic E-state index is 11.5. The number of rotatable bonds is 5. The lowest BCUT2D eigenvalue weighted by Crippen LogP contribution is -2.36. The van der Waals surface area contributed by atoms with Gasteiger partial charge >= 0.3 is 0 Å². The smallest absolute Gasteiger partial charge is 0.191 e. The fraction of sp³-hybridized carbons (Fsp3) is 0.412. The standard InChI is InChI=1S/C17H25N5O2S/c1-12-16(13(2)22(4)21-12)11-20-17(18-3)19-10-14-6-8-15(9-7-14)25(5,23)24/h6-9H,10-11H2,1-5H3,(H2,18,19,20). The van der Waals surface area contributed by atoms with Crippen molar-refractivity contribution in [1.82, 2.24) is 20.4 Å². The number of aliphatic imine (C=N–C) groups is 1. The van der Waals surface area contributed by atoms with E-state index in [2.05, 4.69) is 20.7 Å². The first-order valence-electron chi connectivity index (χ1n) is 7.95. The molecular weight excluding hydrogens is 338 g/mol. The number of hydrogen-bond acceptors (Lipinski definition) is 4. The van der Waals surface area contributed by atoms with Crippen molar-refractivity contribution in [2.45, 2.75) is 31.8 Å². The zero-order valence-corrected chi connectivity index (χ0v) is 16.1. The highest BCUT2D eigenvalue weighted by molar-refractivity contribution is 7.90. The minimum atomic E-state index is -3.17. The first-order valence-corrected chi connectivity index (χ1v) is 9.84. The summed E-state index contributed by atoms with van der Waals surface area (Å²) in [6.07, 6.45) is 1.20. The number of sulfone groups is 1. The monoisotopic (exact) mass is 363 g/mol. The molecule has 7 nitrogen and oxygen atoms in total. The molecule has 0 aliphatic carbocycles. The number of aryl methyl sites for hydroxylation is 2. The molecule has 0 saturated heterocycles. The van der Waals surface area contributed by atoms with E-state index >= 15 is 0 Å². The molecule has 0 radical (unpaired) electrons. The molecule has 0 fully saturated rings. The molecule has 0 atom stereocenters. The van der Waals surface area contributed by atoms with Crippen LogP contribution in [0.25, 0.3) is 0 Å². The Bertz CT molecular complexity index is 867. The minimum Gasteiger partial charge on any atom is -0.352 e. The van der Waals surface area contributed by atoms with Gasteiger partial charge in [-0.2, -0.15) is 5.10 Å². The highest BCUT2D eigenvalue weighted by atomic mass is 32.2. The fourth-order valence-corrected chi connectivity index (χ4v) is 3.14. The lowest BCUT2D eigenvalue weighted by molar-refractivity contribution is 0.602. The van der Waals surface area contributed by atoms with Crippen LogP contribution in [0.4, 0.5) is 0 Å². The van der Waals surface area contributed by atoms with E-state index in [1.54, 1.807) is 31.3 Å². The number of aromatic nitrogens is 2. The summed E-state index contributed by atoms with van der Waals surface area (Å²) >= 11 is 0. The molecule has 136 valence electrons. The average Bonchev–Trinajstić information content (AvgIpc) is 2.80. The summed E-state index contributed by atoms with van der Waals surface area (Å²) in [4.78, 5) is 4.53. The Morgan fingerprint density at radius 2 is 1.76 bits per heavy atom. The molecule has 1 aromatic carbocycles. The van der Waals surface area contributed by atoms with Crippen molar-refractivity contribution in [2.75, 3.05) is 13.3 Å². The van der Waals surface area contributed by atoms with E-state index in [9.17, 15) is 8.42 Å². The first-order chi connectivity index (χ1) is 11.7. The molecule has 1 heterocycles. The summed E-state index contributed by atoms with van der Waals surface area (Å²) in [5.41, 5.74) is 4.25. The number of guanidine groups is 1. The SMILES string of the molecule is CN=C(NCc1ccc(S(C)(=O)=O)cc1)NCc1c(C)nn(C)c1C. The molecule has 1 aromatic heterocycles. The van der Waals surface area contributed by atoms with E-state index in [1.807, 2.05) is 25.6 Å². The lowest BCUT2D eigenvalue weighted by atomic mass is 10.2. The van der Waals surface area contributed by atoms with Crippen LogP contribution in [-0.2, 0) is 30.0 Å². The number of nitrogens with zero attached hydrogens (tertiary/aromatic N) is 3. The third kappa shape index (κ3) is 4.82. The first kappa shape index (κ1) is 19.0. The summed E-state index contributed by atoms with van der Waals surface area (Å²) in [7, 11) is 0.478. The van der Waals surface area contributed by atoms with Gasteiger partial charge in [-0.3, -0.25) is 9.67 Å². The molecule has 0 unspecified atom stereocenters. The highest BCUT2D eigenvalue weighted by Crippen LogP contribution is 2.11. The van der Waals surface area contributed by atoms with Crippen LogP contribution in [0.1, 0.15) is 22.5 Å². The van der Waals surface area contributed by atoms with E-state index < -0.39 is 9.84 Å². The van der Waals surface area contributed by atoms with Crippen LogP contribution in [0.15, 0.2) is 34.2 Å². The largest absolute Gasteiger partial charge is 0.352 e.